The standard InChI is InChI=1S/4C18H40N4.CH4/c1-7-20-11-9-19(6)10-15-22(18(5)17(3)4)16-14-21(8-2)13-12-20;1-7-20-11-9-19(6)10-12-21(8-2)14-16-22(15-13-20)18(5)17(3)4;1-7-20-12-10-19(6)11-15-22(9-3)18(17(4)5)16-21(8-2)14-13-20;1-7-20-12-10-19(6)11-13-21(8-2)16-18(17(4)5)22(9-3)15-14-20;/h4*17-18H,7-16H2,1-6H3;1H4. The number of hydrogen-bond donors (Lipinski definition) is 0. The SMILES string of the molecule is C.CCN1CCN(C)CCN(C(C)C(C)C)CCN(CC)CC1.CCN1CCN(C)CCN(CC)C(C(C)C)CN(CC)CC1.CCN1CCN(C)CCN(CC)CC(C(C)C)N(CC)CC1.CCN1CCN(C)CCN(CC)CCN(C(C)C(C)C)CC1. The molecule has 4 heterocycles. The molecule has 16 heteroatoms. The van der Waals surface area contributed by atoms with Gasteiger partial charge in [-0.15, -0.1) is 0 Å². The van der Waals surface area contributed by atoms with Crippen molar-refractivity contribution in [3.63, 3.8) is 0 Å². The lowest BCUT2D eigenvalue weighted by Crippen LogP contribution is -2.51. The first-order valence-corrected chi connectivity index (χ1v) is 37.5. The van der Waals surface area contributed by atoms with Gasteiger partial charge in [-0.1, -0.05) is 132 Å². The van der Waals surface area contributed by atoms with Crippen LogP contribution in [0.15, 0.2) is 0 Å². The quantitative estimate of drug-likeness (QED) is 0.149. The van der Waals surface area contributed by atoms with E-state index in [0.717, 1.165) is 38.0 Å². The molecular weight excluding hydrogens is 1100 g/mol. The zero-order chi connectivity index (χ0) is 66.1. The van der Waals surface area contributed by atoms with E-state index in [4.69, 9.17) is 0 Å². The van der Waals surface area contributed by atoms with Crippen molar-refractivity contribution in [1.29, 1.82) is 0 Å². The van der Waals surface area contributed by atoms with E-state index >= 15 is 0 Å². The van der Waals surface area contributed by atoms with E-state index in [1.807, 2.05) is 0 Å². The van der Waals surface area contributed by atoms with Gasteiger partial charge < -0.3 is 58.8 Å². The molecule has 0 bridgehead atoms. The van der Waals surface area contributed by atoms with E-state index in [0.29, 0.717) is 36.0 Å². The molecule has 0 spiro atoms. The molecule has 0 saturated carbocycles. The summed E-state index contributed by atoms with van der Waals surface area (Å²) < 4.78 is 0. The molecule has 4 atom stereocenters. The van der Waals surface area contributed by atoms with Crippen LogP contribution in [0.1, 0.15) is 146 Å². The minimum absolute atomic E-state index is 0. The summed E-state index contributed by atoms with van der Waals surface area (Å²) in [5, 5.41) is 0. The maximum absolute atomic E-state index is 2.71. The highest BCUT2D eigenvalue weighted by molar-refractivity contribution is 4.83. The van der Waals surface area contributed by atoms with Gasteiger partial charge in [0, 0.05) is 221 Å². The lowest BCUT2D eigenvalue weighted by Gasteiger charge is -2.39. The van der Waals surface area contributed by atoms with E-state index in [9.17, 15) is 0 Å². The van der Waals surface area contributed by atoms with E-state index < -0.39 is 0 Å². The predicted octanol–water partition coefficient (Wildman–Crippen LogP) is 8.32. The minimum atomic E-state index is 0. The highest BCUT2D eigenvalue weighted by Crippen LogP contribution is 2.17. The molecule has 536 valence electrons. The predicted molar refractivity (Wildman–Crippen MR) is 397 cm³/mol. The first-order valence-electron chi connectivity index (χ1n) is 37.5. The summed E-state index contributed by atoms with van der Waals surface area (Å²) >= 11 is 0. The Hall–Kier alpha value is -0.640. The Labute approximate surface area is 559 Å². The fourth-order valence-electron chi connectivity index (χ4n) is 12.9. The van der Waals surface area contributed by atoms with Crippen molar-refractivity contribution in [2.45, 2.75) is 170 Å². The highest BCUT2D eigenvalue weighted by atomic mass is 15.3. The van der Waals surface area contributed by atoms with E-state index in [-0.39, 0.29) is 7.43 Å². The van der Waals surface area contributed by atoms with Crippen molar-refractivity contribution in [3.05, 3.63) is 0 Å². The fourth-order valence-corrected chi connectivity index (χ4v) is 12.9. The molecule has 0 aliphatic carbocycles. The number of likely N-dealkylation sites (N-methyl/N-ethyl adjacent to an activating group) is 14. The maximum atomic E-state index is 2.71. The van der Waals surface area contributed by atoms with Gasteiger partial charge in [0.1, 0.15) is 0 Å². The average molecular weight is 1270 g/mol. The molecule has 0 aromatic heterocycles. The van der Waals surface area contributed by atoms with E-state index in [1.165, 1.54) is 236 Å². The molecular formula is C73H164N16. The summed E-state index contributed by atoms with van der Waals surface area (Å²) in [7, 11) is 9.08. The lowest BCUT2D eigenvalue weighted by atomic mass is 10.0. The summed E-state index contributed by atoms with van der Waals surface area (Å²) in [4.78, 5) is 41.7. The third kappa shape index (κ3) is 38.0. The first-order chi connectivity index (χ1) is 42.0. The number of nitrogens with zero attached hydrogens (tertiary/aromatic N) is 16. The van der Waals surface area contributed by atoms with Gasteiger partial charge in [-0.25, -0.2) is 0 Å². The molecule has 89 heavy (non-hydrogen) atoms. The van der Waals surface area contributed by atoms with Crippen molar-refractivity contribution >= 4 is 0 Å². The Morgan fingerprint density at radius 1 is 0.236 bits per heavy atom. The van der Waals surface area contributed by atoms with Gasteiger partial charge in [0.15, 0.2) is 0 Å². The van der Waals surface area contributed by atoms with Crippen molar-refractivity contribution in [3.8, 4) is 0 Å². The summed E-state index contributed by atoms with van der Waals surface area (Å²) in [5.74, 6) is 2.88. The minimum Gasteiger partial charge on any atom is -0.304 e. The van der Waals surface area contributed by atoms with Crippen LogP contribution in [0.25, 0.3) is 0 Å². The van der Waals surface area contributed by atoms with Gasteiger partial charge in [-0.05, 0) is 131 Å². The van der Waals surface area contributed by atoms with Gasteiger partial charge in [-0.3, -0.25) is 19.6 Å². The van der Waals surface area contributed by atoms with Gasteiger partial charge in [0.2, 0.25) is 0 Å². The topological polar surface area (TPSA) is 51.8 Å². The summed E-state index contributed by atoms with van der Waals surface area (Å²) in [5.41, 5.74) is 0. The molecule has 0 aromatic rings. The maximum Gasteiger partial charge on any atom is 0.0246 e. The third-order valence-electron chi connectivity index (χ3n) is 21.4. The second kappa shape index (κ2) is 52.5. The molecule has 4 rings (SSSR count). The second-order valence-corrected chi connectivity index (χ2v) is 28.5. The average Bonchev–Trinajstić information content (AvgIpc) is 3.12. The largest absolute Gasteiger partial charge is 0.304 e. The van der Waals surface area contributed by atoms with Crippen LogP contribution in [0, 0.1) is 23.7 Å². The molecule has 16 nitrogen and oxygen atoms in total. The van der Waals surface area contributed by atoms with Crippen molar-refractivity contribution in [1.82, 2.24) is 78.4 Å². The molecule has 0 amide bonds. The molecule has 4 fully saturated rings. The summed E-state index contributed by atoms with van der Waals surface area (Å²) in [6.07, 6.45) is 0. The van der Waals surface area contributed by atoms with Gasteiger partial charge in [0.25, 0.3) is 0 Å². The van der Waals surface area contributed by atoms with Crippen molar-refractivity contribution in [2.24, 2.45) is 23.7 Å². The van der Waals surface area contributed by atoms with E-state index in [1.54, 1.807) is 0 Å². The van der Waals surface area contributed by atoms with Crippen LogP contribution in [0.5, 0.6) is 0 Å². The van der Waals surface area contributed by atoms with Gasteiger partial charge in [-0.2, -0.15) is 0 Å². The number of rotatable bonds is 16. The highest BCUT2D eigenvalue weighted by Gasteiger charge is 2.27. The first kappa shape index (κ1) is 88.4. The Morgan fingerprint density at radius 2 is 0.416 bits per heavy atom. The fraction of sp³-hybridized carbons (Fsp3) is 1.00. The van der Waals surface area contributed by atoms with Crippen LogP contribution < -0.4 is 0 Å². The molecule has 0 radical (unpaired) electrons. The monoisotopic (exact) mass is 1270 g/mol. The Morgan fingerprint density at radius 3 is 0.652 bits per heavy atom. The van der Waals surface area contributed by atoms with Crippen LogP contribution in [0.2, 0.25) is 0 Å². The van der Waals surface area contributed by atoms with Gasteiger partial charge in [0.05, 0.1) is 0 Å². The molecule has 4 aliphatic heterocycles. The van der Waals surface area contributed by atoms with Crippen LogP contribution in [0.3, 0.4) is 0 Å². The second-order valence-electron chi connectivity index (χ2n) is 28.5. The number of hydrogen-bond acceptors (Lipinski definition) is 16. The van der Waals surface area contributed by atoms with Crippen molar-refractivity contribution in [2.75, 3.05) is 290 Å². The van der Waals surface area contributed by atoms with Crippen LogP contribution >= 0.6 is 0 Å². The Balaban J connectivity index is 0.00000116. The van der Waals surface area contributed by atoms with Crippen LogP contribution in [-0.4, -0.2) is 393 Å². The zero-order valence-electron chi connectivity index (χ0n) is 64.1. The normalized spacial score (nSPS) is 24.8. The summed E-state index contributed by atoms with van der Waals surface area (Å²) in [6.45, 7) is 94.3. The molecule has 0 N–H and O–H groups in total. The third-order valence-corrected chi connectivity index (χ3v) is 21.4. The molecule has 4 saturated heterocycles. The van der Waals surface area contributed by atoms with Crippen LogP contribution in [-0.2, 0) is 0 Å². The lowest BCUT2D eigenvalue weighted by molar-refractivity contribution is 0.0866. The van der Waals surface area contributed by atoms with Crippen molar-refractivity contribution < 1.29 is 0 Å². The molecule has 0 aromatic carbocycles. The molecule has 4 aliphatic rings. The van der Waals surface area contributed by atoms with Crippen LogP contribution in [0.4, 0.5) is 0 Å². The van der Waals surface area contributed by atoms with E-state index in [2.05, 4.69) is 245 Å². The smallest absolute Gasteiger partial charge is 0.0246 e. The summed E-state index contributed by atoms with van der Waals surface area (Å²) in [6, 6.07) is 2.69. The molecule has 4 unspecified atom stereocenters. The Kier molecular flexibility index (Phi) is 52.2. The Bertz CT molecular complexity index is 1530. The van der Waals surface area contributed by atoms with Gasteiger partial charge >= 0.3 is 0 Å². The zero-order valence-corrected chi connectivity index (χ0v) is 64.1.